The number of nitrogens with two attached hydrogens (primary N) is 1. The van der Waals surface area contributed by atoms with Crippen molar-refractivity contribution in [1.82, 2.24) is 0 Å². The topological polar surface area (TPSA) is 38.0 Å². The molecule has 0 heterocycles. The first-order valence-electron chi connectivity index (χ1n) is 5.34. The first kappa shape index (κ1) is 9.53. The van der Waals surface area contributed by atoms with E-state index in [1.807, 2.05) is 6.07 Å². The second kappa shape index (κ2) is 4.01. The van der Waals surface area contributed by atoms with Crippen LogP contribution >= 0.6 is 0 Å². The summed E-state index contributed by atoms with van der Waals surface area (Å²) in [5.74, 6) is 0. The van der Waals surface area contributed by atoms with Gasteiger partial charge in [-0.1, -0.05) is 24.6 Å². The van der Waals surface area contributed by atoms with Gasteiger partial charge in [0.25, 0.3) is 0 Å². The predicted octanol–water partition coefficient (Wildman–Crippen LogP) is 2.23. The van der Waals surface area contributed by atoms with Gasteiger partial charge in [-0.2, -0.15) is 0 Å². The molecule has 1 fully saturated rings. The Morgan fingerprint density at radius 3 is 2.43 bits per heavy atom. The molecule has 0 radical (unpaired) electrons. The Bertz CT molecular complexity index is 272. The minimum absolute atomic E-state index is 0.385. The third-order valence-electron chi connectivity index (χ3n) is 3.29. The summed E-state index contributed by atoms with van der Waals surface area (Å²) in [5.41, 5.74) is 7.38. The van der Waals surface area contributed by atoms with E-state index < -0.39 is 0 Å². The van der Waals surface area contributed by atoms with E-state index in [1.54, 1.807) is 0 Å². The minimum atomic E-state index is 0.385. The van der Waals surface area contributed by atoms with E-state index in [1.165, 1.54) is 24.9 Å². The van der Waals surface area contributed by atoms with E-state index in [-0.39, 0.29) is 0 Å². The summed E-state index contributed by atoms with van der Waals surface area (Å²) in [4.78, 5) is 0. The van der Waals surface area contributed by atoms with E-state index in [4.69, 9.17) is 5.73 Å². The Morgan fingerprint density at radius 2 is 1.93 bits per heavy atom. The number of hydrogen-bond donors (Lipinski definition) is 2. The van der Waals surface area contributed by atoms with Crippen LogP contribution in [0, 0.1) is 5.41 Å². The lowest BCUT2D eigenvalue weighted by Gasteiger charge is -2.41. The molecule has 0 amide bonds. The van der Waals surface area contributed by atoms with Crippen LogP contribution in [0.3, 0.4) is 0 Å². The molecule has 0 atom stereocenters. The maximum atomic E-state index is 5.79. The van der Waals surface area contributed by atoms with Crippen LogP contribution in [-0.4, -0.2) is 13.1 Å². The van der Waals surface area contributed by atoms with Gasteiger partial charge in [0.1, 0.15) is 0 Å². The number of para-hydroxylation sites is 1. The van der Waals surface area contributed by atoms with Gasteiger partial charge in [0, 0.05) is 12.2 Å². The molecule has 0 spiro atoms. The third-order valence-corrected chi connectivity index (χ3v) is 3.29. The largest absolute Gasteiger partial charge is 0.384 e. The van der Waals surface area contributed by atoms with Gasteiger partial charge in [-0.15, -0.1) is 0 Å². The number of hydrogen-bond acceptors (Lipinski definition) is 2. The maximum absolute atomic E-state index is 5.79. The van der Waals surface area contributed by atoms with Crippen LogP contribution in [-0.2, 0) is 0 Å². The lowest BCUT2D eigenvalue weighted by molar-refractivity contribution is 0.163. The maximum Gasteiger partial charge on any atom is 0.0340 e. The molecule has 2 nitrogen and oxygen atoms in total. The van der Waals surface area contributed by atoms with E-state index in [2.05, 4.69) is 29.6 Å². The molecule has 76 valence electrons. The van der Waals surface area contributed by atoms with Crippen molar-refractivity contribution in [2.45, 2.75) is 19.3 Å². The van der Waals surface area contributed by atoms with Gasteiger partial charge >= 0.3 is 0 Å². The van der Waals surface area contributed by atoms with Crippen molar-refractivity contribution < 1.29 is 0 Å². The number of benzene rings is 1. The zero-order valence-corrected chi connectivity index (χ0v) is 8.50. The first-order chi connectivity index (χ1) is 6.85. The summed E-state index contributed by atoms with van der Waals surface area (Å²) in [6.07, 6.45) is 3.90. The van der Waals surface area contributed by atoms with Gasteiger partial charge in [0.05, 0.1) is 0 Å². The molecule has 2 heteroatoms. The number of nitrogens with one attached hydrogen (secondary N) is 1. The fraction of sp³-hybridized carbons (Fsp3) is 0.500. The highest BCUT2D eigenvalue weighted by atomic mass is 14.9. The van der Waals surface area contributed by atoms with Gasteiger partial charge in [0.2, 0.25) is 0 Å². The lowest BCUT2D eigenvalue weighted by Crippen LogP contribution is -2.42. The SMILES string of the molecule is NCC1(CNc2ccccc2)CCC1. The van der Waals surface area contributed by atoms with Gasteiger partial charge in [-0.25, -0.2) is 0 Å². The van der Waals surface area contributed by atoms with Gasteiger partial charge in [-0.3, -0.25) is 0 Å². The van der Waals surface area contributed by atoms with Crippen LogP contribution < -0.4 is 11.1 Å². The average molecular weight is 190 g/mol. The Labute approximate surface area is 85.5 Å². The molecule has 0 aliphatic heterocycles. The Morgan fingerprint density at radius 1 is 1.21 bits per heavy atom. The number of anilines is 1. The van der Waals surface area contributed by atoms with Crippen LogP contribution in [0.25, 0.3) is 0 Å². The van der Waals surface area contributed by atoms with Gasteiger partial charge in [0.15, 0.2) is 0 Å². The average Bonchev–Trinajstić information content (AvgIpc) is 2.19. The Hall–Kier alpha value is -1.02. The highest BCUT2D eigenvalue weighted by Crippen LogP contribution is 2.39. The molecule has 1 aromatic carbocycles. The van der Waals surface area contributed by atoms with Crippen molar-refractivity contribution in [2.24, 2.45) is 11.1 Å². The summed E-state index contributed by atoms with van der Waals surface area (Å²) in [6.45, 7) is 1.83. The molecule has 14 heavy (non-hydrogen) atoms. The lowest BCUT2D eigenvalue weighted by atomic mass is 9.69. The van der Waals surface area contributed by atoms with Crippen LogP contribution in [0.15, 0.2) is 30.3 Å². The molecule has 1 aliphatic rings. The van der Waals surface area contributed by atoms with Crippen molar-refractivity contribution in [3.63, 3.8) is 0 Å². The fourth-order valence-corrected chi connectivity index (χ4v) is 1.98. The van der Waals surface area contributed by atoms with Crippen LogP contribution in [0.1, 0.15) is 19.3 Å². The van der Waals surface area contributed by atoms with Crippen LogP contribution in [0.4, 0.5) is 5.69 Å². The van der Waals surface area contributed by atoms with Crippen LogP contribution in [0.2, 0.25) is 0 Å². The summed E-state index contributed by atoms with van der Waals surface area (Å²) < 4.78 is 0. The summed E-state index contributed by atoms with van der Waals surface area (Å²) in [6, 6.07) is 10.3. The second-order valence-corrected chi connectivity index (χ2v) is 4.28. The molecule has 0 aromatic heterocycles. The molecule has 1 aromatic rings. The van der Waals surface area contributed by atoms with Gasteiger partial charge < -0.3 is 11.1 Å². The zero-order chi connectivity index (χ0) is 9.86. The molecule has 3 N–H and O–H groups in total. The fourth-order valence-electron chi connectivity index (χ4n) is 1.98. The molecule has 0 bridgehead atoms. The van der Waals surface area contributed by atoms with Crippen molar-refractivity contribution in [2.75, 3.05) is 18.4 Å². The predicted molar refractivity (Wildman–Crippen MR) is 60.3 cm³/mol. The first-order valence-corrected chi connectivity index (χ1v) is 5.34. The number of rotatable bonds is 4. The van der Waals surface area contributed by atoms with Crippen molar-refractivity contribution in [3.05, 3.63) is 30.3 Å². The van der Waals surface area contributed by atoms with E-state index in [9.17, 15) is 0 Å². The minimum Gasteiger partial charge on any atom is -0.384 e. The van der Waals surface area contributed by atoms with Crippen molar-refractivity contribution >= 4 is 5.69 Å². The summed E-state index contributed by atoms with van der Waals surface area (Å²) in [5, 5.41) is 3.46. The van der Waals surface area contributed by atoms with E-state index in [0.29, 0.717) is 5.41 Å². The molecule has 0 unspecified atom stereocenters. The molecular formula is C12H18N2. The molecule has 0 saturated heterocycles. The molecule has 2 rings (SSSR count). The normalized spacial score (nSPS) is 18.6. The molecule has 1 aliphatic carbocycles. The monoisotopic (exact) mass is 190 g/mol. The smallest absolute Gasteiger partial charge is 0.0340 e. The van der Waals surface area contributed by atoms with Crippen LogP contribution in [0.5, 0.6) is 0 Å². The van der Waals surface area contributed by atoms with Crippen molar-refractivity contribution in [3.8, 4) is 0 Å². The Balaban J connectivity index is 1.88. The Kier molecular flexibility index (Phi) is 2.73. The van der Waals surface area contributed by atoms with Gasteiger partial charge in [-0.05, 0) is 36.9 Å². The van der Waals surface area contributed by atoms with E-state index in [0.717, 1.165) is 13.1 Å². The second-order valence-electron chi connectivity index (χ2n) is 4.28. The summed E-state index contributed by atoms with van der Waals surface area (Å²) in [7, 11) is 0. The highest BCUT2D eigenvalue weighted by molar-refractivity contribution is 5.42. The van der Waals surface area contributed by atoms with Crippen molar-refractivity contribution in [1.29, 1.82) is 0 Å². The highest BCUT2D eigenvalue weighted by Gasteiger charge is 2.35. The standard InChI is InChI=1S/C12H18N2/c13-9-12(7-4-8-12)10-14-11-5-2-1-3-6-11/h1-3,5-6,14H,4,7-10,13H2. The van der Waals surface area contributed by atoms with E-state index >= 15 is 0 Å². The summed E-state index contributed by atoms with van der Waals surface area (Å²) >= 11 is 0. The quantitative estimate of drug-likeness (QED) is 0.764. The zero-order valence-electron chi connectivity index (χ0n) is 8.50. The molecular weight excluding hydrogens is 172 g/mol. The molecule has 1 saturated carbocycles. The third kappa shape index (κ3) is 1.90.